The van der Waals surface area contributed by atoms with Gasteiger partial charge in [0.2, 0.25) is 5.91 Å². The number of anilines is 1. The number of rotatable bonds is 10. The lowest BCUT2D eigenvalue weighted by atomic mass is 9.98. The highest BCUT2D eigenvalue weighted by atomic mass is 19.1. The second kappa shape index (κ2) is 9.39. The fourth-order valence-electron chi connectivity index (χ4n) is 3.10. The van der Waals surface area contributed by atoms with Gasteiger partial charge in [-0.3, -0.25) is 14.0 Å². The molecule has 0 saturated heterocycles. The number of carbonyl (C=O) groups excluding carboxylic acids is 2. The molecule has 0 aliphatic heterocycles. The van der Waals surface area contributed by atoms with Crippen molar-refractivity contribution in [2.75, 3.05) is 18.5 Å². The number of halogens is 1. The molecule has 2 rings (SSSR count). The zero-order chi connectivity index (χ0) is 20.0. The number of hydrogen-bond acceptors (Lipinski definition) is 4. The molecule has 1 aliphatic rings. The fraction of sp³-hybridized carbons (Fsp3) is 0.500. The first kappa shape index (κ1) is 20.7. The third-order valence-corrected chi connectivity index (χ3v) is 4.78. The van der Waals surface area contributed by atoms with E-state index in [2.05, 4.69) is 15.6 Å². The highest BCUT2D eigenvalue weighted by molar-refractivity contribution is 5.96. The summed E-state index contributed by atoms with van der Waals surface area (Å²) in [6.07, 6.45) is 4.04. The molecule has 2 unspecified atom stereocenters. The fourth-order valence-corrected chi connectivity index (χ4v) is 3.10. The van der Waals surface area contributed by atoms with Gasteiger partial charge in [-0.25, -0.2) is 4.98 Å². The van der Waals surface area contributed by atoms with Crippen LogP contribution in [0, 0.1) is 23.2 Å². The Bertz CT molecular complexity index is 745. The minimum Gasteiger partial charge on any atom is -0.351 e. The normalized spacial score (nSPS) is 16.9. The van der Waals surface area contributed by atoms with Crippen LogP contribution in [-0.4, -0.2) is 36.2 Å². The molecule has 0 fully saturated rings. The Balaban J connectivity index is 1.91. The monoisotopic (exact) mass is 374 g/mol. The topological polar surface area (TPSA) is 94.9 Å². The van der Waals surface area contributed by atoms with E-state index < -0.39 is 0 Å². The quantitative estimate of drug-likeness (QED) is 0.433. The van der Waals surface area contributed by atoms with Gasteiger partial charge in [-0.1, -0.05) is 25.0 Å². The highest BCUT2D eigenvalue weighted by Gasteiger charge is 2.37. The first-order valence-electron chi connectivity index (χ1n) is 9.20. The zero-order valence-electron chi connectivity index (χ0n) is 16.0. The average Bonchev–Trinajstić information content (AvgIpc) is 3.29. The standard InChI is InChI=1S/C20H27FN4O2/c1-12(2)19(26)25-17-9-14(6-8-23-17)20(27)24-11-15(10-22)18-13(3)16(18)5-4-7-21/h6,8-10,12,15,18,22H,4-5,7,11H2,1-3H3,(H,24,27)(H,23,25,26). The Labute approximate surface area is 159 Å². The summed E-state index contributed by atoms with van der Waals surface area (Å²) < 4.78 is 12.4. The molecule has 0 saturated carbocycles. The number of pyridine rings is 1. The van der Waals surface area contributed by atoms with Gasteiger partial charge in [0.15, 0.2) is 0 Å². The first-order chi connectivity index (χ1) is 12.9. The van der Waals surface area contributed by atoms with Gasteiger partial charge in [-0.05, 0) is 31.9 Å². The van der Waals surface area contributed by atoms with Crippen molar-refractivity contribution in [2.45, 2.75) is 33.6 Å². The molecule has 0 aromatic carbocycles. The number of alkyl halides is 1. The van der Waals surface area contributed by atoms with Gasteiger partial charge >= 0.3 is 0 Å². The molecule has 146 valence electrons. The van der Waals surface area contributed by atoms with E-state index in [4.69, 9.17) is 5.41 Å². The molecule has 2 atom stereocenters. The Morgan fingerprint density at radius 3 is 2.78 bits per heavy atom. The predicted octanol–water partition coefficient (Wildman–Crippen LogP) is 3.37. The van der Waals surface area contributed by atoms with Crippen LogP contribution in [0.4, 0.5) is 10.2 Å². The van der Waals surface area contributed by atoms with Crippen molar-refractivity contribution >= 4 is 23.8 Å². The molecule has 0 spiro atoms. The molecule has 1 heterocycles. The number of nitrogens with zero attached hydrogens (tertiary/aromatic N) is 1. The maximum absolute atomic E-state index is 12.4. The summed E-state index contributed by atoms with van der Waals surface area (Å²) in [7, 11) is 0. The summed E-state index contributed by atoms with van der Waals surface area (Å²) in [6, 6.07) is 3.11. The van der Waals surface area contributed by atoms with Crippen molar-refractivity contribution in [1.29, 1.82) is 5.41 Å². The molecule has 6 nitrogen and oxygen atoms in total. The van der Waals surface area contributed by atoms with E-state index >= 15 is 0 Å². The Morgan fingerprint density at radius 1 is 1.41 bits per heavy atom. The lowest BCUT2D eigenvalue weighted by Crippen LogP contribution is -2.31. The van der Waals surface area contributed by atoms with Crippen LogP contribution < -0.4 is 10.6 Å². The number of hydrogen-bond donors (Lipinski definition) is 3. The third-order valence-electron chi connectivity index (χ3n) is 4.78. The van der Waals surface area contributed by atoms with E-state index in [0.717, 1.165) is 0 Å². The van der Waals surface area contributed by atoms with Crippen LogP contribution in [0.1, 0.15) is 44.0 Å². The van der Waals surface area contributed by atoms with Crippen molar-refractivity contribution < 1.29 is 14.0 Å². The number of allylic oxidation sites excluding steroid dienone is 2. The summed E-state index contributed by atoms with van der Waals surface area (Å²) in [5.41, 5.74) is 2.80. The molecule has 27 heavy (non-hydrogen) atoms. The molecule has 1 aromatic heterocycles. The van der Waals surface area contributed by atoms with E-state index in [-0.39, 0.29) is 36.2 Å². The minimum absolute atomic E-state index is 0.120. The van der Waals surface area contributed by atoms with Gasteiger partial charge in [-0.15, -0.1) is 0 Å². The van der Waals surface area contributed by atoms with E-state index in [0.29, 0.717) is 30.8 Å². The first-order valence-corrected chi connectivity index (χ1v) is 9.20. The van der Waals surface area contributed by atoms with Gasteiger partial charge in [-0.2, -0.15) is 0 Å². The van der Waals surface area contributed by atoms with Crippen LogP contribution in [0.15, 0.2) is 29.5 Å². The lowest BCUT2D eigenvalue weighted by Gasteiger charge is -2.14. The number of carbonyl (C=O) groups is 2. The summed E-state index contributed by atoms with van der Waals surface area (Å²) >= 11 is 0. The van der Waals surface area contributed by atoms with Gasteiger partial charge in [0.05, 0.1) is 6.67 Å². The molecule has 1 aromatic rings. The molecule has 0 bridgehead atoms. The third kappa shape index (κ3) is 5.45. The SMILES string of the molecule is CC1=C(CCCF)C1C(C=N)CNC(=O)c1ccnc(NC(=O)C(C)C)c1. The van der Waals surface area contributed by atoms with Gasteiger partial charge in [0.25, 0.3) is 5.91 Å². The summed E-state index contributed by atoms with van der Waals surface area (Å²) in [5, 5.41) is 13.2. The zero-order valence-corrected chi connectivity index (χ0v) is 16.0. The van der Waals surface area contributed by atoms with Crippen molar-refractivity contribution in [3.05, 3.63) is 35.0 Å². The molecule has 0 radical (unpaired) electrons. The van der Waals surface area contributed by atoms with Gasteiger partial charge < -0.3 is 16.0 Å². The smallest absolute Gasteiger partial charge is 0.251 e. The Morgan fingerprint density at radius 2 is 2.15 bits per heavy atom. The lowest BCUT2D eigenvalue weighted by molar-refractivity contribution is -0.118. The molecule has 3 N–H and O–H groups in total. The number of nitrogens with one attached hydrogen (secondary N) is 3. The van der Waals surface area contributed by atoms with Crippen molar-refractivity contribution in [2.24, 2.45) is 17.8 Å². The van der Waals surface area contributed by atoms with E-state index in [1.165, 1.54) is 29.6 Å². The summed E-state index contributed by atoms with van der Waals surface area (Å²) in [4.78, 5) is 28.2. The maximum atomic E-state index is 12.4. The minimum atomic E-state index is -0.340. The van der Waals surface area contributed by atoms with Crippen LogP contribution >= 0.6 is 0 Å². The van der Waals surface area contributed by atoms with Crippen LogP contribution in [0.5, 0.6) is 0 Å². The second-order valence-corrected chi connectivity index (χ2v) is 7.09. The van der Waals surface area contributed by atoms with E-state index in [9.17, 15) is 14.0 Å². The average molecular weight is 374 g/mol. The molecular formula is C20H27FN4O2. The number of amides is 2. The van der Waals surface area contributed by atoms with Crippen LogP contribution in [0.2, 0.25) is 0 Å². The molecule has 1 aliphatic carbocycles. The van der Waals surface area contributed by atoms with E-state index in [1.807, 2.05) is 6.92 Å². The molecule has 7 heteroatoms. The van der Waals surface area contributed by atoms with Crippen LogP contribution in [-0.2, 0) is 4.79 Å². The van der Waals surface area contributed by atoms with Gasteiger partial charge in [0, 0.05) is 42.3 Å². The summed E-state index contributed by atoms with van der Waals surface area (Å²) in [5.74, 6) is -0.261. The molecular weight excluding hydrogens is 347 g/mol. The van der Waals surface area contributed by atoms with Crippen molar-refractivity contribution in [1.82, 2.24) is 10.3 Å². The van der Waals surface area contributed by atoms with Gasteiger partial charge in [0.1, 0.15) is 5.82 Å². The summed E-state index contributed by atoms with van der Waals surface area (Å²) in [6.45, 7) is 5.55. The predicted molar refractivity (Wildman–Crippen MR) is 104 cm³/mol. The Kier molecular flexibility index (Phi) is 7.21. The van der Waals surface area contributed by atoms with Crippen molar-refractivity contribution in [3.8, 4) is 0 Å². The van der Waals surface area contributed by atoms with E-state index in [1.54, 1.807) is 19.9 Å². The highest BCUT2D eigenvalue weighted by Crippen LogP contribution is 2.46. The largest absolute Gasteiger partial charge is 0.351 e. The Hall–Kier alpha value is -2.57. The van der Waals surface area contributed by atoms with Crippen LogP contribution in [0.3, 0.4) is 0 Å². The maximum Gasteiger partial charge on any atom is 0.251 e. The van der Waals surface area contributed by atoms with Crippen molar-refractivity contribution in [3.63, 3.8) is 0 Å². The molecule has 2 amide bonds. The number of aromatic nitrogens is 1. The van der Waals surface area contributed by atoms with Crippen LogP contribution in [0.25, 0.3) is 0 Å². The second-order valence-electron chi connectivity index (χ2n) is 7.09.